The molecule has 0 unspecified atom stereocenters. The minimum absolute atomic E-state index is 0.167. The quantitative estimate of drug-likeness (QED) is 0.565. The van der Waals surface area contributed by atoms with Gasteiger partial charge in [0.15, 0.2) is 5.82 Å². The zero-order valence-corrected chi connectivity index (χ0v) is 13.3. The summed E-state index contributed by atoms with van der Waals surface area (Å²) in [5.41, 5.74) is 2.05. The smallest absolute Gasteiger partial charge is 0.204 e. The maximum Gasteiger partial charge on any atom is 0.204 e. The standard InChI is InChI=1S/C16H13FN8/c1-11-7-8-13(17)14(9-11)25-15(18-21-23-25)10-24-20-16(19-22-24)12-5-3-2-4-6-12/h2-9H,10H2,1H3. The maximum atomic E-state index is 14.1. The van der Waals surface area contributed by atoms with Crippen molar-refractivity contribution in [1.82, 2.24) is 40.4 Å². The molecule has 0 saturated heterocycles. The van der Waals surface area contributed by atoms with E-state index in [-0.39, 0.29) is 12.2 Å². The van der Waals surface area contributed by atoms with Crippen LogP contribution in [0.4, 0.5) is 4.39 Å². The zero-order valence-electron chi connectivity index (χ0n) is 13.3. The molecule has 0 saturated carbocycles. The minimum Gasteiger partial charge on any atom is -0.205 e. The molecule has 25 heavy (non-hydrogen) atoms. The van der Waals surface area contributed by atoms with Crippen LogP contribution in [0.2, 0.25) is 0 Å². The third-order valence-corrected chi connectivity index (χ3v) is 3.63. The summed E-state index contributed by atoms with van der Waals surface area (Å²) < 4.78 is 15.5. The Bertz CT molecular complexity index is 1010. The van der Waals surface area contributed by atoms with Gasteiger partial charge in [0, 0.05) is 5.56 Å². The van der Waals surface area contributed by atoms with Crippen molar-refractivity contribution >= 4 is 0 Å². The highest BCUT2D eigenvalue weighted by molar-refractivity contribution is 5.52. The molecule has 9 heteroatoms. The van der Waals surface area contributed by atoms with Gasteiger partial charge in [-0.05, 0) is 40.3 Å². The van der Waals surface area contributed by atoms with Crippen LogP contribution in [-0.4, -0.2) is 40.4 Å². The topological polar surface area (TPSA) is 87.2 Å². The molecule has 0 bridgehead atoms. The van der Waals surface area contributed by atoms with Crippen LogP contribution in [0.5, 0.6) is 0 Å². The number of hydrogen-bond acceptors (Lipinski definition) is 6. The molecule has 0 spiro atoms. The molecule has 0 radical (unpaired) electrons. The fourth-order valence-electron chi connectivity index (χ4n) is 2.42. The second-order valence-corrected chi connectivity index (χ2v) is 5.47. The van der Waals surface area contributed by atoms with Crippen LogP contribution in [0, 0.1) is 12.7 Å². The molecule has 0 aliphatic heterocycles. The van der Waals surface area contributed by atoms with Gasteiger partial charge < -0.3 is 0 Å². The molecule has 0 fully saturated rings. The molecule has 2 aromatic carbocycles. The third-order valence-electron chi connectivity index (χ3n) is 3.63. The van der Waals surface area contributed by atoms with Crippen molar-refractivity contribution in [3.05, 3.63) is 65.7 Å². The fourth-order valence-corrected chi connectivity index (χ4v) is 2.42. The van der Waals surface area contributed by atoms with Crippen molar-refractivity contribution in [3.8, 4) is 17.1 Å². The molecule has 4 rings (SSSR count). The Balaban J connectivity index is 1.64. The van der Waals surface area contributed by atoms with Crippen LogP contribution in [-0.2, 0) is 6.54 Å². The number of nitrogens with zero attached hydrogens (tertiary/aromatic N) is 8. The Labute approximate surface area is 141 Å². The first kappa shape index (κ1) is 15.1. The Morgan fingerprint density at radius 2 is 1.84 bits per heavy atom. The average Bonchev–Trinajstić information content (AvgIpc) is 3.28. The van der Waals surface area contributed by atoms with E-state index in [4.69, 9.17) is 0 Å². The van der Waals surface area contributed by atoms with E-state index < -0.39 is 5.82 Å². The van der Waals surface area contributed by atoms with Gasteiger partial charge in [-0.25, -0.2) is 4.39 Å². The first-order valence-electron chi connectivity index (χ1n) is 7.58. The normalized spacial score (nSPS) is 11.0. The van der Waals surface area contributed by atoms with E-state index in [1.165, 1.54) is 15.5 Å². The van der Waals surface area contributed by atoms with Gasteiger partial charge in [-0.2, -0.15) is 9.48 Å². The molecule has 8 nitrogen and oxygen atoms in total. The van der Waals surface area contributed by atoms with Gasteiger partial charge in [0.05, 0.1) is 0 Å². The summed E-state index contributed by atoms with van der Waals surface area (Å²) in [7, 11) is 0. The summed E-state index contributed by atoms with van der Waals surface area (Å²) in [5.74, 6) is 0.499. The number of aryl methyl sites for hydroxylation is 1. The predicted octanol–water partition coefficient (Wildman–Crippen LogP) is 1.81. The minimum atomic E-state index is -0.407. The lowest BCUT2D eigenvalue weighted by Crippen LogP contribution is -2.12. The van der Waals surface area contributed by atoms with E-state index >= 15 is 0 Å². The second-order valence-electron chi connectivity index (χ2n) is 5.47. The van der Waals surface area contributed by atoms with Gasteiger partial charge in [-0.1, -0.05) is 36.4 Å². The van der Waals surface area contributed by atoms with Crippen molar-refractivity contribution in [1.29, 1.82) is 0 Å². The van der Waals surface area contributed by atoms with Crippen LogP contribution < -0.4 is 0 Å². The van der Waals surface area contributed by atoms with Crippen molar-refractivity contribution in [2.45, 2.75) is 13.5 Å². The van der Waals surface area contributed by atoms with Crippen molar-refractivity contribution in [2.24, 2.45) is 0 Å². The molecule has 0 amide bonds. The summed E-state index contributed by atoms with van der Waals surface area (Å²) in [6, 6.07) is 14.3. The van der Waals surface area contributed by atoms with E-state index in [0.29, 0.717) is 11.6 Å². The third kappa shape index (κ3) is 2.99. The lowest BCUT2D eigenvalue weighted by Gasteiger charge is -2.06. The van der Waals surface area contributed by atoms with E-state index in [1.54, 1.807) is 12.1 Å². The van der Waals surface area contributed by atoms with Gasteiger partial charge in [0.2, 0.25) is 5.82 Å². The molecule has 124 valence electrons. The number of rotatable bonds is 4. The molecule has 4 aromatic rings. The molecular formula is C16H13FN8. The maximum absolute atomic E-state index is 14.1. The SMILES string of the molecule is Cc1ccc(F)c(-n2nnnc2Cn2nnc(-c3ccccc3)n2)c1. The van der Waals surface area contributed by atoms with Crippen molar-refractivity contribution in [2.75, 3.05) is 0 Å². The average molecular weight is 336 g/mol. The highest BCUT2D eigenvalue weighted by Gasteiger charge is 2.15. The van der Waals surface area contributed by atoms with Crippen LogP contribution in [0.25, 0.3) is 17.1 Å². The highest BCUT2D eigenvalue weighted by Crippen LogP contribution is 2.16. The highest BCUT2D eigenvalue weighted by atomic mass is 19.1. The first-order chi connectivity index (χ1) is 12.2. The van der Waals surface area contributed by atoms with Crippen molar-refractivity contribution < 1.29 is 4.39 Å². The molecule has 0 aliphatic rings. The van der Waals surface area contributed by atoms with Gasteiger partial charge in [-0.15, -0.1) is 15.3 Å². The van der Waals surface area contributed by atoms with Gasteiger partial charge >= 0.3 is 0 Å². The number of aromatic nitrogens is 8. The Hall–Kier alpha value is -3.49. The summed E-state index contributed by atoms with van der Waals surface area (Å²) in [4.78, 5) is 1.37. The van der Waals surface area contributed by atoms with Gasteiger partial charge in [-0.3, -0.25) is 0 Å². The predicted molar refractivity (Wildman–Crippen MR) is 86.2 cm³/mol. The summed E-state index contributed by atoms with van der Waals surface area (Å²) in [5, 5.41) is 23.8. The number of tetrazole rings is 2. The second kappa shape index (κ2) is 6.19. The molecular weight excluding hydrogens is 323 g/mol. The summed E-state index contributed by atoms with van der Waals surface area (Å²) >= 11 is 0. The lowest BCUT2D eigenvalue weighted by atomic mass is 10.2. The Kier molecular flexibility index (Phi) is 3.73. The molecule has 0 atom stereocenters. The van der Waals surface area contributed by atoms with Crippen LogP contribution in [0.3, 0.4) is 0 Å². The van der Waals surface area contributed by atoms with E-state index in [1.807, 2.05) is 37.3 Å². The summed E-state index contributed by atoms with van der Waals surface area (Å²) in [6.07, 6.45) is 0. The Morgan fingerprint density at radius 1 is 1.00 bits per heavy atom. The monoisotopic (exact) mass is 336 g/mol. The van der Waals surface area contributed by atoms with Gasteiger partial charge in [0.1, 0.15) is 18.0 Å². The van der Waals surface area contributed by atoms with Crippen LogP contribution in [0.1, 0.15) is 11.4 Å². The molecule has 2 aromatic heterocycles. The summed E-state index contributed by atoms with van der Waals surface area (Å²) in [6.45, 7) is 2.04. The lowest BCUT2D eigenvalue weighted by molar-refractivity contribution is 0.538. The van der Waals surface area contributed by atoms with E-state index in [9.17, 15) is 4.39 Å². The first-order valence-corrected chi connectivity index (χ1v) is 7.58. The molecule has 2 heterocycles. The fraction of sp³-hybridized carbons (Fsp3) is 0.125. The number of benzene rings is 2. The van der Waals surface area contributed by atoms with Crippen LogP contribution >= 0.6 is 0 Å². The van der Waals surface area contributed by atoms with Crippen molar-refractivity contribution in [3.63, 3.8) is 0 Å². The number of hydrogen-bond donors (Lipinski definition) is 0. The molecule has 0 aliphatic carbocycles. The van der Waals surface area contributed by atoms with E-state index in [2.05, 4.69) is 30.9 Å². The van der Waals surface area contributed by atoms with Crippen LogP contribution in [0.15, 0.2) is 48.5 Å². The van der Waals surface area contributed by atoms with Gasteiger partial charge in [0.25, 0.3) is 0 Å². The Morgan fingerprint density at radius 3 is 2.68 bits per heavy atom. The number of halogens is 1. The zero-order chi connectivity index (χ0) is 17.2. The largest absolute Gasteiger partial charge is 0.205 e. The molecule has 0 N–H and O–H groups in total. The van der Waals surface area contributed by atoms with E-state index in [0.717, 1.165) is 11.1 Å².